The van der Waals surface area contributed by atoms with Gasteiger partial charge in [-0.15, -0.1) is 0 Å². The summed E-state index contributed by atoms with van der Waals surface area (Å²) in [5.41, 5.74) is 14.4. The molecule has 2 heteroatoms. The number of nitrogens with zero attached hydrogens (tertiary/aromatic N) is 2. The van der Waals surface area contributed by atoms with Gasteiger partial charge in [-0.05, 0) is 64.2 Å². The lowest BCUT2D eigenvalue weighted by Crippen LogP contribution is -1.98. The molecule has 8 aromatic carbocycles. The van der Waals surface area contributed by atoms with Gasteiger partial charge in [-0.3, -0.25) is 0 Å². The lowest BCUT2D eigenvalue weighted by Gasteiger charge is -2.17. The fourth-order valence-electron chi connectivity index (χ4n) is 7.95. The van der Waals surface area contributed by atoms with Gasteiger partial charge in [0.15, 0.2) is 0 Å². The molecule has 0 spiro atoms. The molecule has 10 aromatic rings. The first-order valence-electron chi connectivity index (χ1n) is 17.2. The van der Waals surface area contributed by atoms with Crippen molar-refractivity contribution in [2.75, 3.05) is 0 Å². The van der Waals surface area contributed by atoms with Crippen LogP contribution in [-0.2, 0) is 0 Å². The summed E-state index contributed by atoms with van der Waals surface area (Å²) in [6, 6.07) is 70.3. The van der Waals surface area contributed by atoms with Crippen molar-refractivity contribution in [1.82, 2.24) is 9.13 Å². The highest BCUT2D eigenvalue weighted by Gasteiger charge is 2.22. The molecular formula is C48H32N2. The van der Waals surface area contributed by atoms with E-state index in [1.165, 1.54) is 82.7 Å². The predicted molar refractivity (Wildman–Crippen MR) is 211 cm³/mol. The first kappa shape index (κ1) is 28.4. The molecule has 0 unspecified atom stereocenters. The van der Waals surface area contributed by atoms with Gasteiger partial charge in [-0.25, -0.2) is 0 Å². The van der Waals surface area contributed by atoms with E-state index >= 15 is 0 Å². The molecule has 0 fully saturated rings. The molecular weight excluding hydrogens is 605 g/mol. The fraction of sp³-hybridized carbons (Fsp3) is 0. The summed E-state index contributed by atoms with van der Waals surface area (Å²) < 4.78 is 4.94. The number of benzene rings is 8. The number of hydrogen-bond donors (Lipinski definition) is 0. The summed E-state index contributed by atoms with van der Waals surface area (Å²) in [6.07, 6.45) is 0. The van der Waals surface area contributed by atoms with Crippen LogP contribution in [0.5, 0.6) is 0 Å². The van der Waals surface area contributed by atoms with E-state index in [1.807, 2.05) is 0 Å². The van der Waals surface area contributed by atoms with Crippen LogP contribution in [0.1, 0.15) is 0 Å². The lowest BCUT2D eigenvalue weighted by atomic mass is 9.93. The van der Waals surface area contributed by atoms with Crippen LogP contribution >= 0.6 is 0 Å². The molecule has 0 aliphatic heterocycles. The molecule has 0 N–H and O–H groups in total. The standard InChI is InChI=1S/C48H32N2/c1-3-15-33(16-4-1)34-27-29-36(30-28-34)49-45-26-14-11-23-42(45)47-46(49)32-31-41-40-22-10-13-25-44(40)50(48(41)47)43-24-12-9-21-39(43)38-20-8-7-19-37(38)35-17-5-2-6-18-35/h1-32H. The number of aromatic nitrogens is 2. The molecule has 0 aliphatic carbocycles. The van der Waals surface area contributed by atoms with Crippen LogP contribution in [0.25, 0.3) is 88.4 Å². The second-order valence-corrected chi connectivity index (χ2v) is 12.9. The Kier molecular flexibility index (Phi) is 6.53. The first-order valence-corrected chi connectivity index (χ1v) is 17.2. The Labute approximate surface area is 290 Å². The Morgan fingerprint density at radius 2 is 0.820 bits per heavy atom. The smallest absolute Gasteiger partial charge is 0.0641 e. The summed E-state index contributed by atoms with van der Waals surface area (Å²) in [4.78, 5) is 0. The minimum absolute atomic E-state index is 1.15. The third kappa shape index (κ3) is 4.36. The molecule has 2 aromatic heterocycles. The Morgan fingerprint density at radius 3 is 1.56 bits per heavy atom. The van der Waals surface area contributed by atoms with Gasteiger partial charge >= 0.3 is 0 Å². The van der Waals surface area contributed by atoms with Crippen molar-refractivity contribution in [1.29, 1.82) is 0 Å². The summed E-state index contributed by atoms with van der Waals surface area (Å²) in [6.45, 7) is 0. The third-order valence-electron chi connectivity index (χ3n) is 10.1. The quantitative estimate of drug-likeness (QED) is 0.178. The fourth-order valence-corrected chi connectivity index (χ4v) is 7.95. The van der Waals surface area contributed by atoms with Crippen molar-refractivity contribution < 1.29 is 0 Å². The second kappa shape index (κ2) is 11.5. The molecule has 0 radical (unpaired) electrons. The highest BCUT2D eigenvalue weighted by atomic mass is 15.0. The zero-order valence-electron chi connectivity index (χ0n) is 27.4. The van der Waals surface area contributed by atoms with Crippen LogP contribution in [0.3, 0.4) is 0 Å². The lowest BCUT2D eigenvalue weighted by molar-refractivity contribution is 1.17. The second-order valence-electron chi connectivity index (χ2n) is 12.9. The van der Waals surface area contributed by atoms with Crippen molar-refractivity contribution in [3.8, 4) is 44.8 Å². The zero-order chi connectivity index (χ0) is 33.0. The zero-order valence-corrected chi connectivity index (χ0v) is 27.4. The SMILES string of the molecule is c1ccc(-c2ccc(-n3c4ccccc4c4c3ccc3c5ccccc5n(-c5ccccc5-c5ccccc5-c5ccccc5)c34)cc2)cc1. The minimum Gasteiger partial charge on any atom is -0.309 e. The van der Waals surface area contributed by atoms with E-state index in [0.29, 0.717) is 0 Å². The average molecular weight is 637 g/mol. The predicted octanol–water partition coefficient (Wildman–Crippen LogP) is 12.9. The summed E-state index contributed by atoms with van der Waals surface area (Å²) in [5.74, 6) is 0. The normalized spacial score (nSPS) is 11.6. The highest BCUT2D eigenvalue weighted by molar-refractivity contribution is 6.26. The van der Waals surface area contributed by atoms with Crippen LogP contribution in [0.2, 0.25) is 0 Å². The Morgan fingerprint density at radius 1 is 0.280 bits per heavy atom. The van der Waals surface area contributed by atoms with Crippen LogP contribution in [0.15, 0.2) is 194 Å². The average Bonchev–Trinajstić information content (AvgIpc) is 3.72. The van der Waals surface area contributed by atoms with E-state index in [-0.39, 0.29) is 0 Å². The number of para-hydroxylation sites is 3. The maximum atomic E-state index is 2.51. The van der Waals surface area contributed by atoms with Crippen molar-refractivity contribution in [3.63, 3.8) is 0 Å². The number of fused-ring (bicyclic) bond motifs is 7. The van der Waals surface area contributed by atoms with E-state index in [0.717, 1.165) is 5.69 Å². The molecule has 0 saturated heterocycles. The van der Waals surface area contributed by atoms with Gasteiger partial charge in [-0.2, -0.15) is 0 Å². The minimum atomic E-state index is 1.15. The Hall–Kier alpha value is -6.64. The summed E-state index contributed by atoms with van der Waals surface area (Å²) in [5, 5.41) is 5.00. The number of hydrogen-bond acceptors (Lipinski definition) is 0. The van der Waals surface area contributed by atoms with Gasteiger partial charge in [0.05, 0.1) is 27.8 Å². The summed E-state index contributed by atoms with van der Waals surface area (Å²) in [7, 11) is 0. The van der Waals surface area contributed by atoms with Gasteiger partial charge in [0.25, 0.3) is 0 Å². The maximum Gasteiger partial charge on any atom is 0.0641 e. The van der Waals surface area contributed by atoms with Crippen molar-refractivity contribution in [3.05, 3.63) is 194 Å². The van der Waals surface area contributed by atoms with Gasteiger partial charge < -0.3 is 9.13 Å². The molecule has 0 atom stereocenters. The van der Waals surface area contributed by atoms with Gasteiger partial charge in [0.1, 0.15) is 0 Å². The molecule has 0 bridgehead atoms. The molecule has 0 saturated carbocycles. The van der Waals surface area contributed by atoms with Crippen LogP contribution < -0.4 is 0 Å². The summed E-state index contributed by atoms with van der Waals surface area (Å²) >= 11 is 0. The highest BCUT2D eigenvalue weighted by Crippen LogP contribution is 2.44. The first-order chi connectivity index (χ1) is 24.8. The van der Waals surface area contributed by atoms with Crippen molar-refractivity contribution in [2.24, 2.45) is 0 Å². The molecule has 234 valence electrons. The molecule has 0 amide bonds. The van der Waals surface area contributed by atoms with Gasteiger partial charge in [0.2, 0.25) is 0 Å². The third-order valence-corrected chi connectivity index (χ3v) is 10.1. The molecule has 50 heavy (non-hydrogen) atoms. The van der Waals surface area contributed by atoms with Gasteiger partial charge in [0, 0.05) is 32.8 Å². The number of rotatable bonds is 5. The van der Waals surface area contributed by atoms with Crippen LogP contribution in [0, 0.1) is 0 Å². The molecule has 2 heterocycles. The topological polar surface area (TPSA) is 9.86 Å². The Balaban J connectivity index is 1.28. The molecule has 2 nitrogen and oxygen atoms in total. The molecule has 0 aliphatic rings. The largest absolute Gasteiger partial charge is 0.309 e. The van der Waals surface area contributed by atoms with Gasteiger partial charge in [-0.1, -0.05) is 158 Å². The van der Waals surface area contributed by atoms with E-state index in [9.17, 15) is 0 Å². The monoisotopic (exact) mass is 636 g/mol. The Bertz CT molecular complexity index is 2840. The van der Waals surface area contributed by atoms with Crippen LogP contribution in [0.4, 0.5) is 0 Å². The van der Waals surface area contributed by atoms with E-state index in [4.69, 9.17) is 0 Å². The van der Waals surface area contributed by atoms with E-state index in [1.54, 1.807) is 0 Å². The van der Waals surface area contributed by atoms with Crippen LogP contribution in [-0.4, -0.2) is 9.13 Å². The maximum absolute atomic E-state index is 2.51. The van der Waals surface area contributed by atoms with Crippen molar-refractivity contribution >= 4 is 43.6 Å². The van der Waals surface area contributed by atoms with Crippen molar-refractivity contribution in [2.45, 2.75) is 0 Å². The molecule has 10 rings (SSSR count). The van der Waals surface area contributed by atoms with E-state index in [2.05, 4.69) is 203 Å². The van der Waals surface area contributed by atoms with E-state index < -0.39 is 0 Å².